The van der Waals surface area contributed by atoms with Crippen LogP contribution >= 0.6 is 23.5 Å². The van der Waals surface area contributed by atoms with Crippen molar-refractivity contribution in [3.63, 3.8) is 0 Å². The van der Waals surface area contributed by atoms with Gasteiger partial charge in [-0.05, 0) is 182 Å². The van der Waals surface area contributed by atoms with E-state index in [-0.39, 0.29) is 0 Å². The van der Waals surface area contributed by atoms with Crippen molar-refractivity contribution in [2.24, 2.45) is 0 Å². The van der Waals surface area contributed by atoms with Crippen LogP contribution in [0.25, 0.3) is 145 Å². The van der Waals surface area contributed by atoms with E-state index in [9.17, 15) is 0 Å². The molecule has 2 spiro atoms. The Bertz CT molecular complexity index is 6380. The lowest BCUT2D eigenvalue weighted by Crippen LogP contribution is -2.32. The van der Waals surface area contributed by atoms with Crippen LogP contribution in [0.15, 0.2) is 353 Å². The molecule has 472 valence electrons. The zero-order chi connectivity index (χ0) is 66.8. The first-order valence-corrected chi connectivity index (χ1v) is 36.4. The standard InChI is InChI=1S/C95H55N5S2/c1-2-20-57(21-3-1)65-30-19-39-83-89(65)96-55-84(97-83)64-52-73(90-82(54-64)95(80-38-13-15-41-86(80)102-90)77-35-10-6-28-69(77)70-29-7-11-36-78(70)95)61-24-16-25-62(50-61)92-98-91(59-44-42-56(43-45-59)60-46-48-66-71-31-17-22-58-23-18-32-72(88(58)71)74(66)51-60)99-93(100-92)63-47-49-87-81(53-63)94(79-37-12-14-40-85(79)101-87)75-33-8-4-26-67(75)68-27-5-9-34-76(68)94/h1-55H. The summed E-state index contributed by atoms with van der Waals surface area (Å²) in [4.78, 5) is 32.5. The molecule has 0 N–H and O–H groups in total. The van der Waals surface area contributed by atoms with Gasteiger partial charge in [-0.1, -0.05) is 297 Å². The van der Waals surface area contributed by atoms with Gasteiger partial charge in [0.05, 0.1) is 33.8 Å². The van der Waals surface area contributed by atoms with Gasteiger partial charge in [0, 0.05) is 47.4 Å². The van der Waals surface area contributed by atoms with Crippen molar-refractivity contribution in [3.05, 3.63) is 378 Å². The predicted molar refractivity (Wildman–Crippen MR) is 416 cm³/mol. The predicted octanol–water partition coefficient (Wildman–Crippen LogP) is 23.9. The Morgan fingerprint density at radius 3 is 1.36 bits per heavy atom. The summed E-state index contributed by atoms with van der Waals surface area (Å²) in [5, 5.41) is 2.59. The third-order valence-electron chi connectivity index (χ3n) is 22.1. The first-order chi connectivity index (χ1) is 50.5. The Hall–Kier alpha value is -12.4. The Morgan fingerprint density at radius 1 is 0.235 bits per heavy atom. The molecule has 5 nitrogen and oxygen atoms in total. The lowest BCUT2D eigenvalue weighted by Gasteiger charge is -2.40. The highest BCUT2D eigenvalue weighted by Crippen LogP contribution is 2.65. The van der Waals surface area contributed by atoms with Crippen molar-refractivity contribution in [1.82, 2.24) is 24.9 Å². The molecule has 3 aliphatic carbocycles. The molecule has 0 amide bonds. The van der Waals surface area contributed by atoms with Crippen molar-refractivity contribution in [2.45, 2.75) is 30.4 Å². The van der Waals surface area contributed by atoms with E-state index in [1.165, 1.54) is 119 Å². The summed E-state index contributed by atoms with van der Waals surface area (Å²) in [5.74, 6) is 1.75. The summed E-state index contributed by atoms with van der Waals surface area (Å²) in [6.07, 6.45) is 1.97. The summed E-state index contributed by atoms with van der Waals surface area (Å²) < 4.78 is 0. The van der Waals surface area contributed by atoms with Crippen molar-refractivity contribution >= 4 is 45.3 Å². The van der Waals surface area contributed by atoms with Crippen LogP contribution in [0.3, 0.4) is 0 Å². The molecule has 7 heteroatoms. The SMILES string of the molecule is c1ccc(-c2cccc3nc(-c4cc(-c5cccc(-c6nc(-c7ccc(-c8ccc9c(c8)-c8cccc%10cccc-9c8%10)cc7)nc(-c7ccc8c(c7)C7(c9ccccc9S8)c8ccccc8-c8ccccc87)n6)c5)c5c(c4)C4(c6ccccc6S5)c5ccccc5-c5ccccc54)cnc23)cc1. The van der Waals surface area contributed by atoms with Crippen molar-refractivity contribution in [1.29, 1.82) is 0 Å². The highest BCUT2D eigenvalue weighted by molar-refractivity contribution is 8.00. The van der Waals surface area contributed by atoms with E-state index >= 15 is 0 Å². The molecule has 17 aromatic rings. The molecule has 0 atom stereocenters. The zero-order valence-corrected chi connectivity index (χ0v) is 56.4. The Morgan fingerprint density at radius 2 is 0.696 bits per heavy atom. The van der Waals surface area contributed by atoms with Gasteiger partial charge in [0.2, 0.25) is 0 Å². The summed E-state index contributed by atoms with van der Waals surface area (Å²) in [7, 11) is 0. The maximum atomic E-state index is 5.66. The number of hydrogen-bond donors (Lipinski definition) is 0. The van der Waals surface area contributed by atoms with Crippen LogP contribution < -0.4 is 0 Å². The van der Waals surface area contributed by atoms with Crippen LogP contribution in [-0.2, 0) is 10.8 Å². The van der Waals surface area contributed by atoms with Crippen LogP contribution in [0.2, 0.25) is 0 Å². The van der Waals surface area contributed by atoms with Crippen LogP contribution in [0.5, 0.6) is 0 Å². The fourth-order valence-electron chi connectivity index (χ4n) is 17.7. The van der Waals surface area contributed by atoms with Gasteiger partial charge in [0.25, 0.3) is 0 Å². The summed E-state index contributed by atoms with van der Waals surface area (Å²) in [5.41, 5.74) is 31.6. The van der Waals surface area contributed by atoms with Crippen LogP contribution in [-0.4, -0.2) is 24.9 Å². The fourth-order valence-corrected chi connectivity index (χ4v) is 20.2. The van der Waals surface area contributed by atoms with Crippen molar-refractivity contribution in [3.8, 4) is 123 Å². The second-order valence-corrected chi connectivity index (χ2v) is 29.4. The summed E-state index contributed by atoms with van der Waals surface area (Å²) in [6.45, 7) is 0. The fraction of sp³-hybridized carbons (Fsp3) is 0.0211. The van der Waals surface area contributed by atoms with Gasteiger partial charge in [-0.3, -0.25) is 4.98 Å². The van der Waals surface area contributed by atoms with Gasteiger partial charge in [-0.15, -0.1) is 0 Å². The number of fused-ring (bicyclic) bond motifs is 22. The van der Waals surface area contributed by atoms with Gasteiger partial charge in [-0.2, -0.15) is 0 Å². The molecule has 22 rings (SSSR count). The van der Waals surface area contributed by atoms with Crippen LogP contribution in [0.4, 0.5) is 0 Å². The highest BCUT2D eigenvalue weighted by Gasteiger charge is 2.52. The van der Waals surface area contributed by atoms with E-state index in [4.69, 9.17) is 24.9 Å². The van der Waals surface area contributed by atoms with Gasteiger partial charge >= 0.3 is 0 Å². The Kier molecular flexibility index (Phi) is 12.4. The molecule has 0 saturated heterocycles. The van der Waals surface area contributed by atoms with Gasteiger partial charge in [-0.25, -0.2) is 19.9 Å². The lowest BCUT2D eigenvalue weighted by atomic mass is 9.66. The molecule has 2 aromatic heterocycles. The maximum absolute atomic E-state index is 5.66. The molecule has 15 aromatic carbocycles. The molecule has 0 saturated carbocycles. The van der Waals surface area contributed by atoms with E-state index in [1.54, 1.807) is 0 Å². The van der Waals surface area contributed by atoms with Crippen LogP contribution in [0.1, 0.15) is 44.5 Å². The third-order valence-corrected chi connectivity index (χ3v) is 24.4. The van der Waals surface area contributed by atoms with E-state index in [0.717, 1.165) is 72.4 Å². The minimum atomic E-state index is -0.664. The average molecular weight is 1330 g/mol. The number of benzene rings is 15. The molecule has 0 radical (unpaired) electrons. The molecule has 102 heavy (non-hydrogen) atoms. The quantitative estimate of drug-likeness (QED) is 0.158. The first kappa shape index (κ1) is 57.5. The normalized spacial score (nSPS) is 13.8. The number of para-hydroxylation sites is 1. The third kappa shape index (κ3) is 8.23. The Balaban J connectivity index is 0.743. The molecule has 0 bridgehead atoms. The van der Waals surface area contributed by atoms with Crippen molar-refractivity contribution < 1.29 is 0 Å². The minimum absolute atomic E-state index is 0.574. The molecule has 5 aliphatic rings. The zero-order valence-electron chi connectivity index (χ0n) is 54.8. The van der Waals surface area contributed by atoms with Crippen LogP contribution in [0, 0.1) is 0 Å². The van der Waals surface area contributed by atoms with Gasteiger partial charge in [0.1, 0.15) is 0 Å². The van der Waals surface area contributed by atoms with Crippen molar-refractivity contribution in [2.75, 3.05) is 0 Å². The maximum Gasteiger partial charge on any atom is 0.164 e. The van der Waals surface area contributed by atoms with E-state index in [0.29, 0.717) is 17.5 Å². The smallest absolute Gasteiger partial charge is 0.164 e. The number of nitrogens with zero attached hydrogens (tertiary/aromatic N) is 5. The number of aromatic nitrogens is 5. The number of hydrogen-bond acceptors (Lipinski definition) is 7. The topological polar surface area (TPSA) is 64.5 Å². The average Bonchev–Trinajstić information content (AvgIpc) is 1.50. The second-order valence-electron chi connectivity index (χ2n) is 27.2. The first-order valence-electron chi connectivity index (χ1n) is 34.8. The van der Waals surface area contributed by atoms with Gasteiger partial charge in [0.15, 0.2) is 17.5 Å². The largest absolute Gasteiger partial charge is 0.252 e. The molecule has 0 unspecified atom stereocenters. The monoisotopic (exact) mass is 1330 g/mol. The molecule has 2 aliphatic heterocycles. The Labute approximate surface area is 598 Å². The van der Waals surface area contributed by atoms with E-state index in [2.05, 4.69) is 328 Å². The summed E-state index contributed by atoms with van der Waals surface area (Å²) in [6, 6.07) is 120. The minimum Gasteiger partial charge on any atom is -0.252 e. The summed E-state index contributed by atoms with van der Waals surface area (Å²) >= 11 is 3.69. The van der Waals surface area contributed by atoms with E-state index < -0.39 is 10.8 Å². The second kappa shape index (κ2) is 22.1. The number of rotatable bonds is 7. The van der Waals surface area contributed by atoms with Gasteiger partial charge < -0.3 is 0 Å². The highest BCUT2D eigenvalue weighted by atomic mass is 32.2. The molecule has 4 heterocycles. The molecular weight excluding hydrogens is 1280 g/mol. The van der Waals surface area contributed by atoms with E-state index in [1.807, 2.05) is 29.7 Å². The molecule has 0 fully saturated rings. The lowest BCUT2D eigenvalue weighted by molar-refractivity contribution is 0.722. The molecular formula is C95H55N5S2.